The molecule has 4 rings (SSSR count). The largest absolute Gasteiger partial charge is 0.490 e. The predicted octanol–water partition coefficient (Wildman–Crippen LogP) is 3.14. The molecule has 0 bridgehead atoms. The minimum absolute atomic E-state index is 0.0555. The van der Waals surface area contributed by atoms with Gasteiger partial charge in [-0.1, -0.05) is 6.07 Å². The molecular formula is C24H29N5O2. The van der Waals surface area contributed by atoms with Crippen LogP contribution in [0.4, 0.5) is 0 Å². The zero-order valence-corrected chi connectivity index (χ0v) is 17.7. The maximum atomic E-state index is 12.3. The highest BCUT2D eigenvalue weighted by Crippen LogP contribution is 2.20. The highest BCUT2D eigenvalue weighted by molar-refractivity contribution is 5.94. The van der Waals surface area contributed by atoms with E-state index in [-0.39, 0.29) is 12.0 Å². The minimum atomic E-state index is -0.0555. The molecule has 1 N–H and O–H groups in total. The van der Waals surface area contributed by atoms with E-state index in [0.717, 1.165) is 56.9 Å². The zero-order chi connectivity index (χ0) is 21.3. The van der Waals surface area contributed by atoms with E-state index in [9.17, 15) is 4.79 Å². The van der Waals surface area contributed by atoms with Crippen molar-refractivity contribution in [3.63, 3.8) is 0 Å². The van der Waals surface area contributed by atoms with Crippen LogP contribution in [0.3, 0.4) is 0 Å². The highest BCUT2D eigenvalue weighted by Gasteiger charge is 2.21. The molecule has 0 radical (unpaired) electrons. The normalized spacial score (nSPS) is 15.0. The summed E-state index contributed by atoms with van der Waals surface area (Å²) in [6, 6.07) is 13.5. The summed E-state index contributed by atoms with van der Waals surface area (Å²) in [5, 5.41) is 2.96. The summed E-state index contributed by atoms with van der Waals surface area (Å²) in [7, 11) is 0. The molecule has 0 aliphatic carbocycles. The minimum Gasteiger partial charge on any atom is -0.490 e. The maximum Gasteiger partial charge on any atom is 0.251 e. The molecule has 1 aliphatic rings. The summed E-state index contributed by atoms with van der Waals surface area (Å²) in [6.07, 6.45) is 10.4. The maximum absolute atomic E-state index is 12.3. The van der Waals surface area contributed by atoms with Crippen molar-refractivity contribution in [2.75, 3.05) is 19.6 Å². The van der Waals surface area contributed by atoms with Crippen LogP contribution in [-0.4, -0.2) is 51.1 Å². The number of hydrogen-bond donors (Lipinski definition) is 1. The molecule has 1 fully saturated rings. The van der Waals surface area contributed by atoms with Gasteiger partial charge < -0.3 is 14.6 Å². The van der Waals surface area contributed by atoms with Crippen LogP contribution < -0.4 is 10.1 Å². The van der Waals surface area contributed by atoms with E-state index in [1.54, 1.807) is 12.5 Å². The van der Waals surface area contributed by atoms with Gasteiger partial charge >= 0.3 is 0 Å². The molecule has 0 atom stereocenters. The van der Waals surface area contributed by atoms with Crippen molar-refractivity contribution in [2.45, 2.75) is 38.5 Å². The number of aromatic nitrogens is 3. The van der Waals surface area contributed by atoms with Crippen LogP contribution in [0.2, 0.25) is 0 Å². The average Bonchev–Trinajstić information content (AvgIpc) is 3.33. The third-order valence-electron chi connectivity index (χ3n) is 5.50. The van der Waals surface area contributed by atoms with Gasteiger partial charge in [0.05, 0.1) is 12.0 Å². The second-order valence-electron chi connectivity index (χ2n) is 7.85. The van der Waals surface area contributed by atoms with E-state index in [0.29, 0.717) is 12.1 Å². The topological polar surface area (TPSA) is 72.3 Å². The van der Waals surface area contributed by atoms with Crippen molar-refractivity contribution in [3.8, 4) is 5.75 Å². The Kier molecular flexibility index (Phi) is 7.28. The number of piperidine rings is 1. The van der Waals surface area contributed by atoms with Crippen molar-refractivity contribution < 1.29 is 9.53 Å². The molecule has 0 unspecified atom stereocenters. The molecule has 3 heterocycles. The van der Waals surface area contributed by atoms with E-state index >= 15 is 0 Å². The van der Waals surface area contributed by atoms with Crippen LogP contribution in [0.5, 0.6) is 5.75 Å². The van der Waals surface area contributed by atoms with Gasteiger partial charge in [0.15, 0.2) is 0 Å². The van der Waals surface area contributed by atoms with E-state index < -0.39 is 0 Å². The smallest absolute Gasteiger partial charge is 0.251 e. The van der Waals surface area contributed by atoms with Gasteiger partial charge in [0.2, 0.25) is 0 Å². The molecule has 1 aromatic carbocycles. The van der Waals surface area contributed by atoms with Crippen LogP contribution in [0.1, 0.15) is 35.3 Å². The first-order chi connectivity index (χ1) is 15.3. The van der Waals surface area contributed by atoms with Gasteiger partial charge in [-0.3, -0.25) is 14.7 Å². The number of carbonyl (C=O) groups excluding carboxylic acids is 1. The number of imidazole rings is 1. The summed E-state index contributed by atoms with van der Waals surface area (Å²) in [6.45, 7) is 4.36. The van der Waals surface area contributed by atoms with Crippen LogP contribution in [-0.2, 0) is 13.1 Å². The van der Waals surface area contributed by atoms with Crippen molar-refractivity contribution >= 4 is 5.91 Å². The Balaban J connectivity index is 1.17. The van der Waals surface area contributed by atoms with E-state index in [1.807, 2.05) is 53.4 Å². The number of nitrogens with one attached hydrogen (secondary N) is 1. The third kappa shape index (κ3) is 6.39. The van der Waals surface area contributed by atoms with Crippen molar-refractivity contribution in [3.05, 3.63) is 78.6 Å². The third-order valence-corrected chi connectivity index (χ3v) is 5.50. The Hall–Kier alpha value is -3.19. The fourth-order valence-corrected chi connectivity index (χ4v) is 3.77. The van der Waals surface area contributed by atoms with Gasteiger partial charge in [0, 0.05) is 56.9 Å². The molecule has 1 amide bonds. The quantitative estimate of drug-likeness (QED) is 0.540. The Bertz CT molecular complexity index is 920. The first kappa shape index (κ1) is 21.1. The molecule has 31 heavy (non-hydrogen) atoms. The number of carbonyl (C=O) groups is 1. The van der Waals surface area contributed by atoms with Gasteiger partial charge in [-0.15, -0.1) is 0 Å². The number of rotatable bonds is 9. The SMILES string of the molecule is O=C(NCCCn1ccnc1)c1ccc(OC2CCN(Cc3ccccn3)CC2)cc1. The first-order valence-electron chi connectivity index (χ1n) is 10.9. The van der Waals surface area contributed by atoms with E-state index in [4.69, 9.17) is 4.74 Å². The lowest BCUT2D eigenvalue weighted by Crippen LogP contribution is -2.37. The number of nitrogens with zero attached hydrogens (tertiary/aromatic N) is 4. The number of likely N-dealkylation sites (tertiary alicyclic amines) is 1. The molecular weight excluding hydrogens is 390 g/mol. The lowest BCUT2D eigenvalue weighted by atomic mass is 10.1. The molecule has 7 nitrogen and oxygen atoms in total. The van der Waals surface area contributed by atoms with Gasteiger partial charge in [-0.2, -0.15) is 0 Å². The average molecular weight is 420 g/mol. The van der Waals surface area contributed by atoms with E-state index in [1.165, 1.54) is 0 Å². The van der Waals surface area contributed by atoms with Crippen LogP contribution in [0.25, 0.3) is 0 Å². The highest BCUT2D eigenvalue weighted by atomic mass is 16.5. The molecule has 1 saturated heterocycles. The monoisotopic (exact) mass is 419 g/mol. The summed E-state index contributed by atoms with van der Waals surface area (Å²) < 4.78 is 8.15. The molecule has 2 aromatic heterocycles. The predicted molar refractivity (Wildman–Crippen MR) is 119 cm³/mol. The number of hydrogen-bond acceptors (Lipinski definition) is 5. The van der Waals surface area contributed by atoms with Crippen molar-refractivity contribution in [1.29, 1.82) is 0 Å². The van der Waals surface area contributed by atoms with Crippen molar-refractivity contribution in [2.24, 2.45) is 0 Å². The van der Waals surface area contributed by atoms with Crippen LogP contribution in [0, 0.1) is 0 Å². The number of amides is 1. The fourth-order valence-electron chi connectivity index (χ4n) is 3.77. The first-order valence-corrected chi connectivity index (χ1v) is 10.9. The van der Waals surface area contributed by atoms with Gasteiger partial charge in [-0.05, 0) is 55.7 Å². The second kappa shape index (κ2) is 10.7. The van der Waals surface area contributed by atoms with Crippen molar-refractivity contribution in [1.82, 2.24) is 24.8 Å². The molecule has 3 aromatic rings. The summed E-state index contributed by atoms with van der Waals surface area (Å²) in [5.74, 6) is 0.764. The molecule has 162 valence electrons. The van der Waals surface area contributed by atoms with Gasteiger partial charge in [-0.25, -0.2) is 4.98 Å². The number of aryl methyl sites for hydroxylation is 1. The van der Waals surface area contributed by atoms with Crippen LogP contribution in [0.15, 0.2) is 67.4 Å². The lowest BCUT2D eigenvalue weighted by molar-refractivity contribution is 0.0948. The number of ether oxygens (including phenoxy) is 1. The van der Waals surface area contributed by atoms with Gasteiger partial charge in [0.25, 0.3) is 5.91 Å². The Labute approximate surface area is 183 Å². The number of benzene rings is 1. The lowest BCUT2D eigenvalue weighted by Gasteiger charge is -2.31. The standard InChI is InChI=1S/C24H29N5O2/c30-24(27-12-3-14-29-17-13-25-19-29)20-5-7-22(8-6-20)31-23-9-15-28(16-10-23)18-21-4-1-2-11-26-21/h1-2,4-8,11,13,17,19,23H,3,9-10,12,14-16,18H2,(H,27,30). The number of pyridine rings is 1. The molecule has 0 spiro atoms. The Morgan fingerprint density at radius 2 is 1.94 bits per heavy atom. The Morgan fingerprint density at radius 1 is 1.10 bits per heavy atom. The molecule has 1 aliphatic heterocycles. The molecule has 7 heteroatoms. The summed E-state index contributed by atoms with van der Waals surface area (Å²) in [5.41, 5.74) is 1.76. The van der Waals surface area contributed by atoms with Gasteiger partial charge in [0.1, 0.15) is 11.9 Å². The summed E-state index contributed by atoms with van der Waals surface area (Å²) >= 11 is 0. The van der Waals surface area contributed by atoms with E-state index in [2.05, 4.69) is 26.3 Å². The molecule has 0 saturated carbocycles. The fraction of sp³-hybridized carbons (Fsp3) is 0.375. The zero-order valence-electron chi connectivity index (χ0n) is 17.7. The van der Waals surface area contributed by atoms with Crippen LogP contribution >= 0.6 is 0 Å². The summed E-state index contributed by atoms with van der Waals surface area (Å²) in [4.78, 5) is 23.2. The second-order valence-corrected chi connectivity index (χ2v) is 7.85. The Morgan fingerprint density at radius 3 is 2.65 bits per heavy atom.